The van der Waals surface area contributed by atoms with Gasteiger partial charge >= 0.3 is 0 Å². The van der Waals surface area contributed by atoms with Crippen LogP contribution in [0.1, 0.15) is 5.56 Å². The summed E-state index contributed by atoms with van der Waals surface area (Å²) >= 11 is 5.78. The second-order valence-corrected chi connectivity index (χ2v) is 4.25. The number of amidine groups is 1. The molecule has 3 N–H and O–H groups in total. The first-order valence-electron chi connectivity index (χ1n) is 5.57. The molecule has 0 unspecified atom stereocenters. The van der Waals surface area contributed by atoms with Gasteiger partial charge in [0.25, 0.3) is 5.69 Å². The van der Waals surface area contributed by atoms with Gasteiger partial charge in [0.1, 0.15) is 10.8 Å². The fourth-order valence-electron chi connectivity index (χ4n) is 1.50. The van der Waals surface area contributed by atoms with Crippen molar-refractivity contribution in [3.8, 4) is 11.6 Å². The monoisotopic (exact) mass is 308 g/mol. The molecule has 0 radical (unpaired) electrons. The van der Waals surface area contributed by atoms with Gasteiger partial charge < -0.3 is 15.7 Å². The van der Waals surface area contributed by atoms with Crippen molar-refractivity contribution < 1.29 is 14.9 Å². The molecule has 0 aliphatic carbocycles. The lowest BCUT2D eigenvalue weighted by Gasteiger charge is -2.06. The molecule has 0 bridgehead atoms. The van der Waals surface area contributed by atoms with Gasteiger partial charge in [-0.25, -0.2) is 4.98 Å². The van der Waals surface area contributed by atoms with Crippen LogP contribution in [0.25, 0.3) is 0 Å². The fraction of sp³-hybridized carbons (Fsp3) is 0. The van der Waals surface area contributed by atoms with Crippen LogP contribution in [0, 0.1) is 10.1 Å². The Bertz CT molecular complexity index is 720. The third-order valence-electron chi connectivity index (χ3n) is 2.48. The molecule has 0 spiro atoms. The van der Waals surface area contributed by atoms with Crippen molar-refractivity contribution in [3.05, 3.63) is 57.2 Å². The molecule has 8 nitrogen and oxygen atoms in total. The smallest absolute Gasteiger partial charge is 0.288 e. The highest BCUT2D eigenvalue weighted by Crippen LogP contribution is 2.30. The number of halogens is 1. The van der Waals surface area contributed by atoms with Crippen LogP contribution in [-0.2, 0) is 0 Å². The van der Waals surface area contributed by atoms with Crippen LogP contribution in [0.3, 0.4) is 0 Å². The summed E-state index contributed by atoms with van der Waals surface area (Å²) in [5.41, 5.74) is 5.65. The Morgan fingerprint density at radius 1 is 1.43 bits per heavy atom. The molecule has 0 fully saturated rings. The van der Waals surface area contributed by atoms with Gasteiger partial charge in [-0.1, -0.05) is 16.8 Å². The highest BCUT2D eigenvalue weighted by molar-refractivity contribution is 6.32. The first-order chi connectivity index (χ1) is 10.0. The minimum atomic E-state index is -0.594. The standard InChI is InChI=1S/C12H9ClN4O4/c13-9-6-8(1-2-10(9)17(19)20)21-11-5-7(3-4-15-11)12(14)16-18/h1-6,18H,(H2,14,16). The van der Waals surface area contributed by atoms with E-state index in [4.69, 9.17) is 27.3 Å². The van der Waals surface area contributed by atoms with E-state index in [9.17, 15) is 10.1 Å². The van der Waals surface area contributed by atoms with E-state index in [2.05, 4.69) is 10.1 Å². The number of pyridine rings is 1. The number of benzene rings is 1. The van der Waals surface area contributed by atoms with E-state index < -0.39 is 4.92 Å². The van der Waals surface area contributed by atoms with Gasteiger partial charge in [0, 0.05) is 30.0 Å². The Kier molecular flexibility index (Phi) is 4.19. The van der Waals surface area contributed by atoms with Crippen molar-refractivity contribution >= 4 is 23.1 Å². The average Bonchev–Trinajstić information content (AvgIpc) is 2.46. The maximum absolute atomic E-state index is 10.7. The lowest BCUT2D eigenvalue weighted by molar-refractivity contribution is -0.384. The van der Waals surface area contributed by atoms with Crippen LogP contribution < -0.4 is 10.5 Å². The SMILES string of the molecule is NC(=NO)c1ccnc(Oc2ccc([N+](=O)[O-])c(Cl)c2)c1. The third kappa shape index (κ3) is 3.37. The zero-order valence-corrected chi connectivity index (χ0v) is 11.2. The number of nitrogens with zero attached hydrogens (tertiary/aromatic N) is 3. The molecule has 9 heteroatoms. The predicted molar refractivity (Wildman–Crippen MR) is 74.9 cm³/mol. The zero-order chi connectivity index (χ0) is 15.4. The minimum absolute atomic E-state index is 0.0508. The molecule has 108 valence electrons. The van der Waals surface area contributed by atoms with Gasteiger partial charge in [0.05, 0.1) is 4.92 Å². The molecule has 2 aromatic rings. The number of nitro benzene ring substituents is 1. The van der Waals surface area contributed by atoms with E-state index in [0.29, 0.717) is 5.56 Å². The second-order valence-electron chi connectivity index (χ2n) is 3.84. The Morgan fingerprint density at radius 2 is 2.19 bits per heavy atom. The summed E-state index contributed by atoms with van der Waals surface area (Å²) in [4.78, 5) is 14.0. The normalized spacial score (nSPS) is 11.2. The Labute approximate surface area is 123 Å². The van der Waals surface area contributed by atoms with Gasteiger partial charge in [0.15, 0.2) is 5.84 Å². The van der Waals surface area contributed by atoms with E-state index in [1.54, 1.807) is 0 Å². The van der Waals surface area contributed by atoms with Crippen LogP contribution in [0.2, 0.25) is 5.02 Å². The summed E-state index contributed by atoms with van der Waals surface area (Å²) < 4.78 is 5.42. The quantitative estimate of drug-likeness (QED) is 0.294. The number of nitro groups is 1. The van der Waals surface area contributed by atoms with Crippen LogP contribution in [0.5, 0.6) is 11.6 Å². The van der Waals surface area contributed by atoms with Crippen LogP contribution in [0.15, 0.2) is 41.7 Å². The summed E-state index contributed by atoms with van der Waals surface area (Å²) in [7, 11) is 0. The van der Waals surface area contributed by atoms with Crippen molar-refractivity contribution in [1.82, 2.24) is 4.98 Å². The number of oxime groups is 1. The molecule has 0 saturated heterocycles. The molecule has 21 heavy (non-hydrogen) atoms. The molecule has 1 aromatic carbocycles. The minimum Gasteiger partial charge on any atom is -0.439 e. The molecule has 1 heterocycles. The molecule has 0 amide bonds. The highest BCUT2D eigenvalue weighted by atomic mass is 35.5. The zero-order valence-electron chi connectivity index (χ0n) is 10.4. The van der Waals surface area contributed by atoms with Crippen molar-refractivity contribution in [1.29, 1.82) is 0 Å². The summed E-state index contributed by atoms with van der Waals surface area (Å²) in [6.45, 7) is 0. The number of hydrogen-bond acceptors (Lipinski definition) is 6. The summed E-state index contributed by atoms with van der Waals surface area (Å²) in [6, 6.07) is 6.90. The maximum atomic E-state index is 10.7. The topological polar surface area (TPSA) is 124 Å². The summed E-state index contributed by atoms with van der Waals surface area (Å²) in [5, 5.41) is 22.1. The van der Waals surface area contributed by atoms with Gasteiger partial charge in [0.2, 0.25) is 5.88 Å². The third-order valence-corrected chi connectivity index (χ3v) is 2.78. The molecular weight excluding hydrogens is 300 g/mol. The van der Waals surface area contributed by atoms with Crippen molar-refractivity contribution in [3.63, 3.8) is 0 Å². The van der Waals surface area contributed by atoms with Crippen LogP contribution in [0.4, 0.5) is 5.69 Å². The Balaban J connectivity index is 2.26. The molecule has 0 aliphatic rings. The highest BCUT2D eigenvalue weighted by Gasteiger charge is 2.13. The number of ether oxygens (including phenoxy) is 1. The van der Waals surface area contributed by atoms with Crippen molar-refractivity contribution in [2.45, 2.75) is 0 Å². The summed E-state index contributed by atoms with van der Waals surface area (Å²) in [6.07, 6.45) is 1.41. The van der Waals surface area contributed by atoms with Gasteiger partial charge in [-0.05, 0) is 12.1 Å². The number of rotatable bonds is 4. The fourth-order valence-corrected chi connectivity index (χ4v) is 1.74. The van der Waals surface area contributed by atoms with Gasteiger partial charge in [-0.3, -0.25) is 10.1 Å². The number of hydrogen-bond donors (Lipinski definition) is 2. The molecule has 2 rings (SSSR count). The molecule has 0 atom stereocenters. The lowest BCUT2D eigenvalue weighted by Crippen LogP contribution is -2.13. The van der Waals surface area contributed by atoms with Crippen molar-refractivity contribution in [2.75, 3.05) is 0 Å². The van der Waals surface area contributed by atoms with E-state index in [-0.39, 0.29) is 28.2 Å². The predicted octanol–water partition coefficient (Wildman–Crippen LogP) is 2.53. The Hall–Kier alpha value is -2.87. The average molecular weight is 309 g/mol. The van der Waals surface area contributed by atoms with E-state index in [1.807, 2.05) is 0 Å². The number of aromatic nitrogens is 1. The molecular formula is C12H9ClN4O4. The maximum Gasteiger partial charge on any atom is 0.288 e. The Morgan fingerprint density at radius 3 is 2.81 bits per heavy atom. The van der Waals surface area contributed by atoms with Gasteiger partial charge in [-0.2, -0.15) is 0 Å². The summed E-state index contributed by atoms with van der Waals surface area (Å²) in [5.74, 6) is 0.350. The second kappa shape index (κ2) is 6.06. The van der Waals surface area contributed by atoms with Crippen molar-refractivity contribution in [2.24, 2.45) is 10.9 Å². The first-order valence-corrected chi connectivity index (χ1v) is 5.95. The molecule has 0 aliphatic heterocycles. The molecule has 0 saturated carbocycles. The lowest BCUT2D eigenvalue weighted by atomic mass is 10.2. The van der Waals surface area contributed by atoms with E-state index >= 15 is 0 Å². The first kappa shape index (κ1) is 14.5. The van der Waals surface area contributed by atoms with E-state index in [1.165, 1.54) is 36.5 Å². The molecule has 1 aromatic heterocycles. The largest absolute Gasteiger partial charge is 0.439 e. The van der Waals surface area contributed by atoms with Gasteiger partial charge in [-0.15, -0.1) is 0 Å². The van der Waals surface area contributed by atoms with E-state index in [0.717, 1.165) is 0 Å². The van der Waals surface area contributed by atoms with Crippen LogP contribution in [-0.4, -0.2) is 21.0 Å². The number of nitrogens with two attached hydrogens (primary N) is 1. The van der Waals surface area contributed by atoms with Crippen LogP contribution >= 0.6 is 11.6 Å².